The number of ether oxygens (including phenoxy) is 1. The Morgan fingerprint density at radius 1 is 1.21 bits per heavy atom. The van der Waals surface area contributed by atoms with Crippen LogP contribution >= 0.6 is 11.3 Å². The third kappa shape index (κ3) is 7.54. The summed E-state index contributed by atoms with van der Waals surface area (Å²) < 4.78 is 4.76. The van der Waals surface area contributed by atoms with Crippen LogP contribution < -0.4 is 0 Å². The average Bonchev–Trinajstić information content (AvgIpc) is 3.44. The quantitative estimate of drug-likeness (QED) is 0.350. The maximum Gasteiger partial charge on any atom is 0.348 e. The van der Waals surface area contributed by atoms with Crippen LogP contribution in [0, 0.1) is 5.92 Å². The molecular weight excluding hydrogens is 434 g/mol. The van der Waals surface area contributed by atoms with Crippen molar-refractivity contribution in [1.82, 2.24) is 4.90 Å². The first kappa shape index (κ1) is 25.2. The first-order chi connectivity index (χ1) is 16.0. The van der Waals surface area contributed by atoms with Crippen molar-refractivity contribution in [2.75, 3.05) is 13.7 Å². The van der Waals surface area contributed by atoms with E-state index < -0.39 is 6.10 Å². The summed E-state index contributed by atoms with van der Waals surface area (Å²) in [5.74, 6) is 0.0499. The summed E-state index contributed by atoms with van der Waals surface area (Å²) in [6.07, 6.45) is 9.46. The minimum Gasteiger partial charge on any atom is -0.465 e. The molecule has 6 heteroatoms. The Labute approximate surface area is 201 Å². The van der Waals surface area contributed by atoms with Crippen molar-refractivity contribution in [3.8, 4) is 0 Å². The van der Waals surface area contributed by atoms with Gasteiger partial charge < -0.3 is 14.7 Å². The number of hydrogen-bond acceptors (Lipinski definition) is 5. The number of carbonyl (C=O) groups is 2. The predicted molar refractivity (Wildman–Crippen MR) is 132 cm³/mol. The van der Waals surface area contributed by atoms with E-state index in [4.69, 9.17) is 4.74 Å². The zero-order chi connectivity index (χ0) is 23.6. The molecule has 1 N–H and O–H groups in total. The van der Waals surface area contributed by atoms with E-state index >= 15 is 0 Å². The summed E-state index contributed by atoms with van der Waals surface area (Å²) in [5, 5.41) is 10.6. The number of nitrogens with zero attached hydrogens (tertiary/aromatic N) is 1. The van der Waals surface area contributed by atoms with Crippen molar-refractivity contribution in [2.24, 2.45) is 5.92 Å². The molecule has 3 atom stereocenters. The third-order valence-corrected chi connectivity index (χ3v) is 7.45. The Hall–Kier alpha value is -2.44. The zero-order valence-corrected chi connectivity index (χ0v) is 20.4. The second-order valence-electron chi connectivity index (χ2n) is 8.78. The number of carbonyl (C=O) groups excluding carboxylic acids is 2. The molecule has 178 valence electrons. The summed E-state index contributed by atoms with van der Waals surface area (Å²) in [7, 11) is 1.39. The van der Waals surface area contributed by atoms with Crippen LogP contribution in [0.3, 0.4) is 0 Å². The number of amides is 1. The Balaban J connectivity index is 1.43. The Bertz CT molecular complexity index is 923. The normalized spacial score (nSPS) is 18.1. The van der Waals surface area contributed by atoms with E-state index in [2.05, 4.69) is 31.2 Å². The average molecular weight is 470 g/mol. The fourth-order valence-corrected chi connectivity index (χ4v) is 5.24. The summed E-state index contributed by atoms with van der Waals surface area (Å²) in [4.78, 5) is 27.6. The molecule has 1 unspecified atom stereocenters. The van der Waals surface area contributed by atoms with E-state index in [9.17, 15) is 14.7 Å². The minimum atomic E-state index is -0.499. The van der Waals surface area contributed by atoms with E-state index in [0.29, 0.717) is 17.8 Å². The lowest BCUT2D eigenvalue weighted by Crippen LogP contribution is -2.33. The molecule has 1 aromatic carbocycles. The monoisotopic (exact) mass is 469 g/mol. The molecule has 0 radical (unpaired) electrons. The van der Waals surface area contributed by atoms with Gasteiger partial charge in [0.2, 0.25) is 5.91 Å². The largest absolute Gasteiger partial charge is 0.465 e. The van der Waals surface area contributed by atoms with Crippen molar-refractivity contribution in [2.45, 2.75) is 64.0 Å². The molecule has 0 bridgehead atoms. The van der Waals surface area contributed by atoms with Gasteiger partial charge in [-0.3, -0.25) is 4.79 Å². The van der Waals surface area contributed by atoms with Crippen molar-refractivity contribution in [1.29, 1.82) is 0 Å². The van der Waals surface area contributed by atoms with Crippen LogP contribution in [0.2, 0.25) is 0 Å². The van der Waals surface area contributed by atoms with Gasteiger partial charge in [-0.15, -0.1) is 11.3 Å². The first-order valence-corrected chi connectivity index (χ1v) is 12.7. The highest BCUT2D eigenvalue weighted by Crippen LogP contribution is 2.23. The Morgan fingerprint density at radius 3 is 2.76 bits per heavy atom. The molecule has 2 aromatic rings. The molecular formula is C27H35NO4S. The van der Waals surface area contributed by atoms with Crippen LogP contribution in [0.15, 0.2) is 54.6 Å². The lowest BCUT2D eigenvalue weighted by Gasteiger charge is -2.23. The lowest BCUT2D eigenvalue weighted by atomic mass is 9.95. The maximum atomic E-state index is 12.4. The molecule has 1 amide bonds. The smallest absolute Gasteiger partial charge is 0.348 e. The second-order valence-corrected chi connectivity index (χ2v) is 9.95. The highest BCUT2D eigenvalue weighted by molar-refractivity contribution is 7.13. The molecule has 3 rings (SSSR count). The lowest BCUT2D eigenvalue weighted by molar-refractivity contribution is -0.128. The van der Waals surface area contributed by atoms with E-state index in [1.54, 1.807) is 6.07 Å². The van der Waals surface area contributed by atoms with Gasteiger partial charge in [0.15, 0.2) is 0 Å². The van der Waals surface area contributed by atoms with E-state index in [1.165, 1.54) is 24.0 Å². The topological polar surface area (TPSA) is 66.8 Å². The number of thiophene rings is 1. The van der Waals surface area contributed by atoms with Crippen LogP contribution in [-0.4, -0.2) is 47.7 Å². The number of hydrogen-bond donors (Lipinski definition) is 1. The van der Waals surface area contributed by atoms with Gasteiger partial charge in [-0.05, 0) is 62.1 Å². The summed E-state index contributed by atoms with van der Waals surface area (Å²) in [5.41, 5.74) is 1.33. The van der Waals surface area contributed by atoms with Crippen LogP contribution in [-0.2, 0) is 22.4 Å². The SMILES string of the molecule is COC(=O)c1ccc(CCCN2C(=O)CCC2C=C[C@@H](O)[C@H](C)CCCc2ccccc2)s1. The molecule has 33 heavy (non-hydrogen) atoms. The highest BCUT2D eigenvalue weighted by atomic mass is 32.1. The molecule has 0 saturated carbocycles. The third-order valence-electron chi connectivity index (χ3n) is 6.33. The number of aliphatic hydroxyl groups is 1. The van der Waals surface area contributed by atoms with Crippen LogP contribution in [0.4, 0.5) is 0 Å². The molecule has 2 heterocycles. The zero-order valence-electron chi connectivity index (χ0n) is 19.6. The van der Waals surface area contributed by atoms with Gasteiger partial charge in [0.1, 0.15) is 4.88 Å². The first-order valence-electron chi connectivity index (χ1n) is 11.8. The van der Waals surface area contributed by atoms with Crippen molar-refractivity contribution < 1.29 is 19.4 Å². The van der Waals surface area contributed by atoms with Crippen LogP contribution in [0.1, 0.15) is 59.1 Å². The van der Waals surface area contributed by atoms with E-state index in [-0.39, 0.29) is 23.8 Å². The van der Waals surface area contributed by atoms with Crippen LogP contribution in [0.25, 0.3) is 0 Å². The Kier molecular flexibility index (Phi) is 9.70. The number of likely N-dealkylation sites (tertiary alicyclic amines) is 1. The molecule has 1 aliphatic heterocycles. The van der Waals surface area contributed by atoms with Gasteiger partial charge >= 0.3 is 5.97 Å². The number of aryl methyl sites for hydroxylation is 2. The van der Waals surface area contributed by atoms with Crippen LogP contribution in [0.5, 0.6) is 0 Å². The number of aliphatic hydroxyl groups excluding tert-OH is 1. The molecule has 1 aliphatic rings. The van der Waals surface area contributed by atoms with Gasteiger partial charge in [-0.2, -0.15) is 0 Å². The second kappa shape index (κ2) is 12.7. The van der Waals surface area contributed by atoms with Crippen molar-refractivity contribution in [3.63, 3.8) is 0 Å². The van der Waals surface area contributed by atoms with Gasteiger partial charge in [0.05, 0.1) is 19.3 Å². The fourth-order valence-electron chi connectivity index (χ4n) is 4.27. The van der Waals surface area contributed by atoms with E-state index in [1.807, 2.05) is 29.2 Å². The van der Waals surface area contributed by atoms with Crippen molar-refractivity contribution in [3.05, 3.63) is 69.9 Å². The predicted octanol–water partition coefficient (Wildman–Crippen LogP) is 5.03. The molecule has 1 saturated heterocycles. The number of methoxy groups -OCH3 is 1. The van der Waals surface area contributed by atoms with Gasteiger partial charge in [-0.1, -0.05) is 49.4 Å². The van der Waals surface area contributed by atoms with Gasteiger partial charge in [0.25, 0.3) is 0 Å². The highest BCUT2D eigenvalue weighted by Gasteiger charge is 2.28. The number of esters is 1. The summed E-state index contributed by atoms with van der Waals surface area (Å²) in [6.45, 7) is 2.77. The standard InChI is InChI=1S/C27H35NO4S/c1-20(8-6-11-21-9-4-3-5-10-21)24(29)16-13-22-14-18-26(30)28(22)19-7-12-23-15-17-25(33-23)27(31)32-2/h3-5,9-10,13,15-17,20,22,24,29H,6-8,11-12,14,18-19H2,1-2H3/t20-,22?,24-/m1/s1. The van der Waals surface area contributed by atoms with Crippen molar-refractivity contribution >= 4 is 23.2 Å². The van der Waals surface area contributed by atoms with Gasteiger partial charge in [-0.25, -0.2) is 4.79 Å². The molecule has 1 fully saturated rings. The number of rotatable bonds is 12. The maximum absolute atomic E-state index is 12.4. The number of benzene rings is 1. The fraction of sp³-hybridized carbons (Fsp3) is 0.481. The summed E-state index contributed by atoms with van der Waals surface area (Å²) in [6, 6.07) is 14.2. The molecule has 0 spiro atoms. The van der Waals surface area contributed by atoms with Gasteiger partial charge in [0, 0.05) is 17.8 Å². The molecule has 1 aromatic heterocycles. The van der Waals surface area contributed by atoms with E-state index in [0.717, 1.165) is 43.4 Å². The molecule has 0 aliphatic carbocycles. The Morgan fingerprint density at radius 2 is 2.00 bits per heavy atom. The molecule has 5 nitrogen and oxygen atoms in total. The minimum absolute atomic E-state index is 0.0534. The summed E-state index contributed by atoms with van der Waals surface area (Å²) >= 11 is 1.45.